The molecule has 5 nitrogen and oxygen atoms in total. The number of fused-ring (bicyclic) bond motifs is 1. The largest absolute Gasteiger partial charge is 0.463 e. The van der Waals surface area contributed by atoms with Gasteiger partial charge < -0.3 is 9.47 Å². The van der Waals surface area contributed by atoms with Gasteiger partial charge in [-0.25, -0.2) is 9.48 Å². The SMILES string of the molecule is CCOC(=O)/C=C(/C)c1nn(COCC[Si](C)(C)C)c2ccc(Br)cc12. The predicted octanol–water partition coefficient (Wildman–Crippen LogP) is 5.08. The average Bonchev–Trinajstić information content (AvgIpc) is 2.88. The summed E-state index contributed by atoms with van der Waals surface area (Å²) in [6.45, 7) is 12.1. The third kappa shape index (κ3) is 5.79. The molecule has 0 aliphatic rings. The highest BCUT2D eigenvalue weighted by Crippen LogP contribution is 2.27. The Morgan fingerprint density at radius 3 is 2.73 bits per heavy atom. The Morgan fingerprint density at radius 2 is 2.08 bits per heavy atom. The molecular formula is C19H27BrN2O3Si. The molecule has 2 aromatic rings. The summed E-state index contributed by atoms with van der Waals surface area (Å²) < 4.78 is 13.7. The van der Waals surface area contributed by atoms with Crippen LogP contribution in [0.5, 0.6) is 0 Å². The van der Waals surface area contributed by atoms with Gasteiger partial charge in [-0.2, -0.15) is 5.10 Å². The average molecular weight is 439 g/mol. The van der Waals surface area contributed by atoms with Gasteiger partial charge in [0.15, 0.2) is 0 Å². The van der Waals surface area contributed by atoms with Gasteiger partial charge in [0.25, 0.3) is 0 Å². The highest BCUT2D eigenvalue weighted by molar-refractivity contribution is 9.10. The highest BCUT2D eigenvalue weighted by Gasteiger charge is 2.15. The third-order valence-corrected chi connectivity index (χ3v) is 6.11. The summed E-state index contributed by atoms with van der Waals surface area (Å²) in [5.41, 5.74) is 2.52. The summed E-state index contributed by atoms with van der Waals surface area (Å²) in [7, 11) is -1.12. The van der Waals surface area contributed by atoms with Gasteiger partial charge in [-0.15, -0.1) is 0 Å². The van der Waals surface area contributed by atoms with E-state index in [0.29, 0.717) is 13.3 Å². The maximum Gasteiger partial charge on any atom is 0.331 e. The fourth-order valence-electron chi connectivity index (χ4n) is 2.50. The monoisotopic (exact) mass is 438 g/mol. The normalized spacial score (nSPS) is 12.6. The van der Waals surface area contributed by atoms with Crippen molar-refractivity contribution in [3.63, 3.8) is 0 Å². The number of esters is 1. The van der Waals surface area contributed by atoms with Gasteiger partial charge >= 0.3 is 5.97 Å². The van der Waals surface area contributed by atoms with E-state index in [2.05, 4.69) is 40.7 Å². The van der Waals surface area contributed by atoms with Crippen molar-refractivity contribution in [2.45, 2.75) is 46.3 Å². The molecule has 1 heterocycles. The Kier molecular flexibility index (Phi) is 7.20. The van der Waals surface area contributed by atoms with Crippen LogP contribution in [0.15, 0.2) is 28.7 Å². The van der Waals surface area contributed by atoms with Crippen LogP contribution in [0, 0.1) is 0 Å². The van der Waals surface area contributed by atoms with E-state index in [1.165, 1.54) is 6.08 Å². The molecule has 7 heteroatoms. The van der Waals surface area contributed by atoms with E-state index in [4.69, 9.17) is 9.47 Å². The summed E-state index contributed by atoms with van der Waals surface area (Å²) in [6, 6.07) is 7.12. The number of halogens is 1. The second kappa shape index (κ2) is 8.97. The van der Waals surface area contributed by atoms with Crippen LogP contribution in [0.3, 0.4) is 0 Å². The molecule has 0 N–H and O–H groups in total. The molecule has 0 aliphatic heterocycles. The molecule has 1 aromatic heterocycles. The predicted molar refractivity (Wildman–Crippen MR) is 112 cm³/mol. The molecule has 0 radical (unpaired) electrons. The zero-order chi connectivity index (χ0) is 19.3. The van der Waals surface area contributed by atoms with E-state index in [-0.39, 0.29) is 5.97 Å². The fourth-order valence-corrected chi connectivity index (χ4v) is 3.62. The molecule has 2 rings (SSSR count). The smallest absolute Gasteiger partial charge is 0.331 e. The summed E-state index contributed by atoms with van der Waals surface area (Å²) in [5, 5.41) is 5.66. The second-order valence-electron chi connectivity index (χ2n) is 7.44. The number of allylic oxidation sites excluding steroid dienone is 1. The maximum absolute atomic E-state index is 11.8. The lowest BCUT2D eigenvalue weighted by atomic mass is 10.1. The van der Waals surface area contributed by atoms with Crippen molar-refractivity contribution in [3.05, 3.63) is 34.4 Å². The molecule has 0 aliphatic carbocycles. The maximum atomic E-state index is 11.8. The van der Waals surface area contributed by atoms with Crippen LogP contribution >= 0.6 is 15.9 Å². The van der Waals surface area contributed by atoms with Crippen LogP contribution in [-0.2, 0) is 21.0 Å². The molecule has 0 saturated heterocycles. The summed E-state index contributed by atoms with van der Waals surface area (Å²) in [6.07, 6.45) is 1.49. The lowest BCUT2D eigenvalue weighted by molar-refractivity contribution is -0.137. The lowest BCUT2D eigenvalue weighted by Gasteiger charge is -2.15. The zero-order valence-electron chi connectivity index (χ0n) is 16.1. The van der Waals surface area contributed by atoms with Crippen molar-refractivity contribution in [3.8, 4) is 0 Å². The minimum absolute atomic E-state index is 0.353. The Hall–Kier alpha value is -1.44. The lowest BCUT2D eigenvalue weighted by Crippen LogP contribution is -2.22. The molecule has 0 unspecified atom stereocenters. The first-order chi connectivity index (χ1) is 12.2. The molecule has 1 aromatic carbocycles. The zero-order valence-corrected chi connectivity index (χ0v) is 18.7. The Labute approximate surface area is 164 Å². The van der Waals surface area contributed by atoms with Crippen LogP contribution in [0.4, 0.5) is 0 Å². The van der Waals surface area contributed by atoms with Gasteiger partial charge in [0, 0.05) is 30.6 Å². The molecule has 0 spiro atoms. The summed E-state index contributed by atoms with van der Waals surface area (Å²) in [5.74, 6) is -0.353. The van der Waals surface area contributed by atoms with Gasteiger partial charge in [-0.3, -0.25) is 0 Å². The van der Waals surface area contributed by atoms with Crippen LogP contribution < -0.4 is 0 Å². The molecule has 0 fully saturated rings. The number of carbonyl (C=O) groups excluding carboxylic acids is 1. The Morgan fingerprint density at radius 1 is 1.35 bits per heavy atom. The number of hydrogen-bond acceptors (Lipinski definition) is 4. The molecule has 26 heavy (non-hydrogen) atoms. The van der Waals surface area contributed by atoms with Crippen molar-refractivity contribution in [2.24, 2.45) is 0 Å². The molecule has 0 amide bonds. The number of carbonyl (C=O) groups is 1. The van der Waals surface area contributed by atoms with Crippen LogP contribution in [-0.4, -0.2) is 37.0 Å². The number of aromatic nitrogens is 2. The first-order valence-corrected chi connectivity index (χ1v) is 13.3. The van der Waals surface area contributed by atoms with Crippen molar-refractivity contribution in [1.29, 1.82) is 0 Å². The number of ether oxygens (including phenoxy) is 2. The number of benzene rings is 1. The minimum atomic E-state index is -1.12. The first kappa shape index (κ1) is 20.9. The summed E-state index contributed by atoms with van der Waals surface area (Å²) >= 11 is 3.51. The number of hydrogen-bond donors (Lipinski definition) is 0. The quantitative estimate of drug-likeness (QED) is 0.249. The van der Waals surface area contributed by atoms with Gasteiger partial charge in [-0.1, -0.05) is 35.6 Å². The number of rotatable bonds is 8. The van der Waals surface area contributed by atoms with Crippen LogP contribution in [0.2, 0.25) is 25.7 Å². The van der Waals surface area contributed by atoms with Gasteiger partial charge in [0.1, 0.15) is 6.73 Å². The van der Waals surface area contributed by atoms with Crippen LogP contribution in [0.25, 0.3) is 16.5 Å². The third-order valence-electron chi connectivity index (χ3n) is 3.92. The van der Waals surface area contributed by atoms with E-state index in [9.17, 15) is 4.79 Å². The molecular weight excluding hydrogens is 412 g/mol. The van der Waals surface area contributed by atoms with Crippen molar-refractivity contribution in [1.82, 2.24) is 9.78 Å². The van der Waals surface area contributed by atoms with E-state index < -0.39 is 8.07 Å². The van der Waals surface area contributed by atoms with Crippen molar-refractivity contribution >= 4 is 46.4 Å². The van der Waals surface area contributed by atoms with Crippen molar-refractivity contribution < 1.29 is 14.3 Å². The second-order valence-corrected chi connectivity index (χ2v) is 14.0. The molecule has 0 atom stereocenters. The molecule has 142 valence electrons. The van der Waals surface area contributed by atoms with E-state index in [1.807, 2.05) is 29.8 Å². The topological polar surface area (TPSA) is 53.3 Å². The van der Waals surface area contributed by atoms with Gasteiger partial charge in [-0.05, 0) is 43.7 Å². The van der Waals surface area contributed by atoms with E-state index in [0.717, 1.165) is 39.3 Å². The minimum Gasteiger partial charge on any atom is -0.463 e. The molecule has 0 saturated carbocycles. The van der Waals surface area contributed by atoms with Crippen LogP contribution in [0.1, 0.15) is 19.5 Å². The fraction of sp³-hybridized carbons (Fsp3) is 0.474. The Bertz CT molecular complexity index is 809. The Balaban J connectivity index is 2.27. The summed E-state index contributed by atoms with van der Waals surface area (Å²) in [4.78, 5) is 11.8. The van der Waals surface area contributed by atoms with Gasteiger partial charge in [0.05, 0.1) is 17.8 Å². The van der Waals surface area contributed by atoms with Crippen molar-refractivity contribution in [2.75, 3.05) is 13.2 Å². The first-order valence-electron chi connectivity index (χ1n) is 8.80. The molecule has 0 bridgehead atoms. The highest BCUT2D eigenvalue weighted by atomic mass is 79.9. The number of nitrogens with zero attached hydrogens (tertiary/aromatic N) is 2. The van der Waals surface area contributed by atoms with E-state index in [1.54, 1.807) is 6.92 Å². The van der Waals surface area contributed by atoms with Gasteiger partial charge in [0.2, 0.25) is 0 Å². The standard InChI is InChI=1S/C19H27BrN2O3Si/c1-6-25-18(23)11-14(2)19-16-12-15(20)7-8-17(16)22(21-19)13-24-9-10-26(3,4)5/h7-8,11-12H,6,9-10,13H2,1-5H3/b14-11-. The van der Waals surface area contributed by atoms with E-state index >= 15 is 0 Å².